The number of nitrogens with one attached hydrogen (secondary N) is 1. The van der Waals surface area contributed by atoms with Crippen LogP contribution in [0.1, 0.15) is 29.5 Å². The van der Waals surface area contributed by atoms with Crippen molar-refractivity contribution in [3.63, 3.8) is 0 Å². The van der Waals surface area contributed by atoms with Gasteiger partial charge in [-0.15, -0.1) is 0 Å². The lowest BCUT2D eigenvalue weighted by atomic mass is 10.1. The van der Waals surface area contributed by atoms with Crippen molar-refractivity contribution in [3.05, 3.63) is 54.0 Å². The first-order chi connectivity index (χ1) is 11.7. The van der Waals surface area contributed by atoms with Gasteiger partial charge in [0.05, 0.1) is 25.0 Å². The molecule has 0 bridgehead atoms. The number of carbonyl (C=O) groups is 1. The van der Waals surface area contributed by atoms with Crippen LogP contribution in [-0.2, 0) is 11.2 Å². The quantitative estimate of drug-likeness (QED) is 0.886. The van der Waals surface area contributed by atoms with Crippen LogP contribution in [0.2, 0.25) is 0 Å². The van der Waals surface area contributed by atoms with Gasteiger partial charge in [-0.25, -0.2) is 0 Å². The third-order valence-corrected chi connectivity index (χ3v) is 4.28. The molecule has 0 spiro atoms. The van der Waals surface area contributed by atoms with E-state index in [1.54, 1.807) is 6.26 Å². The van der Waals surface area contributed by atoms with Crippen LogP contribution < -0.4 is 10.2 Å². The van der Waals surface area contributed by atoms with Gasteiger partial charge in [-0.3, -0.25) is 4.79 Å². The molecule has 24 heavy (non-hydrogen) atoms. The second kappa shape index (κ2) is 8.02. The number of furan rings is 1. The molecular formula is C19H24N2O3. The molecule has 1 aliphatic heterocycles. The molecule has 128 valence electrons. The number of anilines is 1. The molecule has 5 heteroatoms. The summed E-state index contributed by atoms with van der Waals surface area (Å²) < 4.78 is 10.7. The maximum absolute atomic E-state index is 12.7. The van der Waals surface area contributed by atoms with E-state index in [9.17, 15) is 4.79 Å². The molecule has 1 aromatic carbocycles. The molecule has 1 aliphatic rings. The summed E-state index contributed by atoms with van der Waals surface area (Å²) in [6.45, 7) is 5.07. The summed E-state index contributed by atoms with van der Waals surface area (Å²) in [6, 6.07) is 11.7. The number of nitrogens with zero attached hydrogens (tertiary/aromatic N) is 1. The highest BCUT2D eigenvalue weighted by atomic mass is 16.5. The molecule has 1 N–H and O–H groups in total. The minimum absolute atomic E-state index is 0.0240. The number of benzene rings is 1. The Kier molecular flexibility index (Phi) is 5.54. The SMILES string of the molecule is CC(CCc1ccco1)NC(=O)c1ccccc1N1CCOCC1. The van der Waals surface area contributed by atoms with E-state index >= 15 is 0 Å². The van der Waals surface area contributed by atoms with Crippen molar-refractivity contribution in [1.29, 1.82) is 0 Å². The summed E-state index contributed by atoms with van der Waals surface area (Å²) >= 11 is 0. The second-order valence-electron chi connectivity index (χ2n) is 6.11. The van der Waals surface area contributed by atoms with E-state index in [4.69, 9.17) is 9.15 Å². The number of aryl methyl sites for hydroxylation is 1. The fourth-order valence-corrected chi connectivity index (χ4v) is 2.93. The van der Waals surface area contributed by atoms with Gasteiger partial charge in [0, 0.05) is 31.2 Å². The fraction of sp³-hybridized carbons (Fsp3) is 0.421. The standard InChI is InChI=1S/C19H24N2O3/c1-15(8-9-16-5-4-12-24-16)20-19(22)17-6-2-3-7-18(17)21-10-13-23-14-11-21/h2-7,12,15H,8-11,13-14H2,1H3,(H,20,22). The summed E-state index contributed by atoms with van der Waals surface area (Å²) in [5, 5.41) is 3.10. The Hall–Kier alpha value is -2.27. The molecule has 2 aromatic rings. The van der Waals surface area contributed by atoms with Crippen LogP contribution in [-0.4, -0.2) is 38.3 Å². The molecule has 1 amide bonds. The Labute approximate surface area is 142 Å². The Morgan fingerprint density at radius 1 is 1.21 bits per heavy atom. The number of carbonyl (C=O) groups excluding carboxylic acids is 1. The number of morpholine rings is 1. The van der Waals surface area contributed by atoms with Crippen LogP contribution in [0.15, 0.2) is 47.1 Å². The minimum Gasteiger partial charge on any atom is -0.469 e. The van der Waals surface area contributed by atoms with Gasteiger partial charge in [0.25, 0.3) is 5.91 Å². The maximum atomic E-state index is 12.7. The molecule has 1 saturated heterocycles. The Bertz CT molecular complexity index is 648. The molecule has 3 rings (SSSR count). The van der Waals surface area contributed by atoms with E-state index in [0.29, 0.717) is 13.2 Å². The van der Waals surface area contributed by atoms with Crippen LogP contribution in [0.5, 0.6) is 0 Å². The van der Waals surface area contributed by atoms with Gasteiger partial charge in [-0.2, -0.15) is 0 Å². The lowest BCUT2D eigenvalue weighted by molar-refractivity contribution is 0.0936. The van der Waals surface area contributed by atoms with Crippen LogP contribution in [0.25, 0.3) is 0 Å². The monoisotopic (exact) mass is 328 g/mol. The van der Waals surface area contributed by atoms with Gasteiger partial charge >= 0.3 is 0 Å². The van der Waals surface area contributed by atoms with Crippen LogP contribution in [0, 0.1) is 0 Å². The number of hydrogen-bond acceptors (Lipinski definition) is 4. The predicted octanol–water partition coefficient (Wildman–Crippen LogP) is 2.87. The highest BCUT2D eigenvalue weighted by Gasteiger charge is 2.19. The second-order valence-corrected chi connectivity index (χ2v) is 6.11. The molecule has 0 radical (unpaired) electrons. The van der Waals surface area contributed by atoms with E-state index in [1.807, 2.05) is 43.3 Å². The van der Waals surface area contributed by atoms with Crippen molar-refractivity contribution in [3.8, 4) is 0 Å². The maximum Gasteiger partial charge on any atom is 0.253 e. The van der Waals surface area contributed by atoms with Crippen molar-refractivity contribution >= 4 is 11.6 Å². The zero-order valence-corrected chi connectivity index (χ0v) is 14.0. The van der Waals surface area contributed by atoms with Gasteiger partial charge in [0.2, 0.25) is 0 Å². The van der Waals surface area contributed by atoms with Crippen molar-refractivity contribution < 1.29 is 13.9 Å². The largest absolute Gasteiger partial charge is 0.469 e. The van der Waals surface area contributed by atoms with Crippen molar-refractivity contribution in [2.24, 2.45) is 0 Å². The van der Waals surface area contributed by atoms with Gasteiger partial charge in [0.15, 0.2) is 0 Å². The van der Waals surface area contributed by atoms with E-state index < -0.39 is 0 Å². The van der Waals surface area contributed by atoms with E-state index in [-0.39, 0.29) is 11.9 Å². The highest BCUT2D eigenvalue weighted by molar-refractivity contribution is 6.00. The third-order valence-electron chi connectivity index (χ3n) is 4.28. The summed E-state index contributed by atoms with van der Waals surface area (Å²) in [5.74, 6) is 0.925. The first-order valence-corrected chi connectivity index (χ1v) is 8.49. The Morgan fingerprint density at radius 2 is 2.00 bits per heavy atom. The molecule has 2 heterocycles. The lowest BCUT2D eigenvalue weighted by Gasteiger charge is -2.30. The number of hydrogen-bond donors (Lipinski definition) is 1. The summed E-state index contributed by atoms with van der Waals surface area (Å²) in [6.07, 6.45) is 3.34. The average Bonchev–Trinajstić information content (AvgIpc) is 3.14. The molecule has 0 saturated carbocycles. The topological polar surface area (TPSA) is 54.7 Å². The zero-order valence-electron chi connectivity index (χ0n) is 14.0. The van der Waals surface area contributed by atoms with Gasteiger partial charge < -0.3 is 19.4 Å². The van der Waals surface area contributed by atoms with Crippen LogP contribution >= 0.6 is 0 Å². The van der Waals surface area contributed by atoms with Crippen molar-refractivity contribution in [2.75, 3.05) is 31.2 Å². The molecule has 1 aromatic heterocycles. The van der Waals surface area contributed by atoms with Crippen LogP contribution in [0.4, 0.5) is 5.69 Å². The molecule has 5 nitrogen and oxygen atoms in total. The predicted molar refractivity (Wildman–Crippen MR) is 93.4 cm³/mol. The Balaban J connectivity index is 1.61. The summed E-state index contributed by atoms with van der Waals surface area (Å²) in [7, 11) is 0. The van der Waals surface area contributed by atoms with Crippen molar-refractivity contribution in [2.45, 2.75) is 25.8 Å². The normalized spacial score (nSPS) is 16.0. The molecular weight excluding hydrogens is 304 g/mol. The van der Waals surface area contributed by atoms with E-state index in [2.05, 4.69) is 10.2 Å². The zero-order chi connectivity index (χ0) is 16.8. The molecule has 1 fully saturated rings. The lowest BCUT2D eigenvalue weighted by Crippen LogP contribution is -2.39. The van der Waals surface area contributed by atoms with E-state index in [0.717, 1.165) is 42.9 Å². The smallest absolute Gasteiger partial charge is 0.253 e. The first-order valence-electron chi connectivity index (χ1n) is 8.49. The highest BCUT2D eigenvalue weighted by Crippen LogP contribution is 2.21. The number of amides is 1. The summed E-state index contributed by atoms with van der Waals surface area (Å²) in [5.41, 5.74) is 1.71. The number of ether oxygens (including phenoxy) is 1. The first kappa shape index (κ1) is 16.6. The summed E-state index contributed by atoms with van der Waals surface area (Å²) in [4.78, 5) is 14.9. The molecule has 1 unspecified atom stereocenters. The Morgan fingerprint density at radius 3 is 2.75 bits per heavy atom. The van der Waals surface area contributed by atoms with Gasteiger partial charge in [0.1, 0.15) is 5.76 Å². The van der Waals surface area contributed by atoms with Crippen LogP contribution in [0.3, 0.4) is 0 Å². The van der Waals surface area contributed by atoms with E-state index in [1.165, 1.54) is 0 Å². The molecule has 1 atom stereocenters. The number of para-hydroxylation sites is 1. The fourth-order valence-electron chi connectivity index (χ4n) is 2.93. The average molecular weight is 328 g/mol. The third kappa shape index (κ3) is 4.17. The van der Waals surface area contributed by atoms with Gasteiger partial charge in [-0.05, 0) is 37.6 Å². The van der Waals surface area contributed by atoms with Gasteiger partial charge in [-0.1, -0.05) is 12.1 Å². The van der Waals surface area contributed by atoms with Crippen molar-refractivity contribution in [1.82, 2.24) is 5.32 Å². The molecule has 0 aliphatic carbocycles. The number of rotatable bonds is 6. The minimum atomic E-state index is -0.0240.